The average molecular weight is 303 g/mol. The van der Waals surface area contributed by atoms with Gasteiger partial charge in [-0.15, -0.1) is 11.6 Å². The van der Waals surface area contributed by atoms with Crippen LogP contribution in [0.5, 0.6) is 0 Å². The van der Waals surface area contributed by atoms with Crippen molar-refractivity contribution in [2.24, 2.45) is 0 Å². The third-order valence-corrected chi connectivity index (χ3v) is 4.01. The van der Waals surface area contributed by atoms with E-state index in [9.17, 15) is 0 Å². The van der Waals surface area contributed by atoms with Gasteiger partial charge in [-0.1, -0.05) is 12.1 Å². The van der Waals surface area contributed by atoms with Gasteiger partial charge in [0.2, 0.25) is 0 Å². The topological polar surface area (TPSA) is 35.6 Å². The molecule has 2 aromatic heterocycles. The molecule has 2 heterocycles. The van der Waals surface area contributed by atoms with Crippen LogP contribution in [0.3, 0.4) is 0 Å². The number of imidazole rings is 2. The molecule has 3 aromatic rings. The maximum atomic E-state index is 6.05. The number of aromatic nitrogens is 4. The Morgan fingerprint density at radius 3 is 2.81 bits per heavy atom. The van der Waals surface area contributed by atoms with Gasteiger partial charge in [0.05, 0.1) is 23.2 Å². The molecule has 0 fully saturated rings. The van der Waals surface area contributed by atoms with Crippen molar-refractivity contribution in [3.63, 3.8) is 0 Å². The zero-order valence-corrected chi connectivity index (χ0v) is 12.9. The number of halogens is 1. The van der Waals surface area contributed by atoms with E-state index in [-0.39, 0.29) is 0 Å². The van der Waals surface area contributed by atoms with E-state index in [0.717, 1.165) is 37.3 Å². The van der Waals surface area contributed by atoms with Gasteiger partial charge in [-0.25, -0.2) is 9.97 Å². The smallest absolute Gasteiger partial charge is 0.124 e. The summed E-state index contributed by atoms with van der Waals surface area (Å²) in [5.41, 5.74) is 3.52. The number of benzene rings is 1. The molecule has 0 saturated carbocycles. The minimum absolute atomic E-state index is 0.454. The van der Waals surface area contributed by atoms with Gasteiger partial charge in [0.15, 0.2) is 0 Å². The van der Waals surface area contributed by atoms with Crippen molar-refractivity contribution in [1.82, 2.24) is 19.1 Å². The van der Waals surface area contributed by atoms with Crippen molar-refractivity contribution >= 4 is 22.6 Å². The number of fused-ring (bicyclic) bond motifs is 1. The van der Waals surface area contributed by atoms with Crippen LogP contribution in [0.2, 0.25) is 0 Å². The third kappa shape index (κ3) is 2.95. The molecule has 110 valence electrons. The van der Waals surface area contributed by atoms with Crippen LogP contribution in [-0.2, 0) is 19.0 Å². The fraction of sp³-hybridized carbons (Fsp3) is 0.375. The monoisotopic (exact) mass is 302 g/mol. The molecule has 0 radical (unpaired) electrons. The molecule has 3 rings (SSSR count). The average Bonchev–Trinajstić information content (AvgIpc) is 3.11. The highest BCUT2D eigenvalue weighted by molar-refractivity contribution is 6.16. The van der Waals surface area contributed by atoms with Crippen LogP contribution < -0.4 is 0 Å². The number of hydrogen-bond acceptors (Lipinski definition) is 2. The largest absolute Gasteiger partial charge is 0.337 e. The maximum absolute atomic E-state index is 6.05. The summed E-state index contributed by atoms with van der Waals surface area (Å²) in [5, 5.41) is 0. The quantitative estimate of drug-likeness (QED) is 0.513. The lowest BCUT2D eigenvalue weighted by Gasteiger charge is -2.09. The van der Waals surface area contributed by atoms with Crippen LogP contribution in [0.1, 0.15) is 24.2 Å². The Morgan fingerprint density at radius 1 is 1.19 bits per heavy atom. The third-order valence-electron chi connectivity index (χ3n) is 3.77. The van der Waals surface area contributed by atoms with Crippen molar-refractivity contribution in [2.45, 2.75) is 38.7 Å². The predicted molar refractivity (Wildman–Crippen MR) is 85.5 cm³/mol. The number of aryl methyl sites for hydroxylation is 3. The lowest BCUT2D eigenvalue weighted by molar-refractivity contribution is 0.552. The first-order chi connectivity index (χ1) is 10.3. The van der Waals surface area contributed by atoms with Crippen molar-refractivity contribution < 1.29 is 0 Å². The molecule has 0 saturated heterocycles. The van der Waals surface area contributed by atoms with Gasteiger partial charge in [-0.3, -0.25) is 0 Å². The molecule has 0 aliphatic heterocycles. The normalized spacial score (nSPS) is 11.3. The van der Waals surface area contributed by atoms with Gasteiger partial charge in [0.25, 0.3) is 0 Å². The van der Waals surface area contributed by atoms with E-state index in [1.54, 1.807) is 0 Å². The maximum Gasteiger partial charge on any atom is 0.124 e. The summed E-state index contributed by atoms with van der Waals surface area (Å²) in [6.07, 6.45) is 7.89. The van der Waals surface area contributed by atoms with Gasteiger partial charge >= 0.3 is 0 Å². The molecule has 0 atom stereocenters. The van der Waals surface area contributed by atoms with E-state index in [0.29, 0.717) is 5.88 Å². The van der Waals surface area contributed by atoms with E-state index in [4.69, 9.17) is 11.6 Å². The highest BCUT2D eigenvalue weighted by Gasteiger charge is 2.11. The summed E-state index contributed by atoms with van der Waals surface area (Å²) in [6.45, 7) is 4.09. The molecule has 1 aromatic carbocycles. The molecular weight excluding hydrogens is 284 g/mol. The summed E-state index contributed by atoms with van der Waals surface area (Å²) in [5.74, 6) is 1.42. The fourth-order valence-corrected chi connectivity index (χ4v) is 2.94. The Bertz CT molecular complexity index is 715. The van der Waals surface area contributed by atoms with Crippen molar-refractivity contribution in [3.8, 4) is 0 Å². The van der Waals surface area contributed by atoms with Gasteiger partial charge < -0.3 is 9.13 Å². The molecule has 0 aliphatic carbocycles. The molecule has 21 heavy (non-hydrogen) atoms. The van der Waals surface area contributed by atoms with Crippen LogP contribution >= 0.6 is 11.6 Å². The molecule has 0 bridgehead atoms. The Morgan fingerprint density at radius 2 is 2.05 bits per heavy atom. The van der Waals surface area contributed by atoms with E-state index >= 15 is 0 Å². The molecule has 0 spiro atoms. The van der Waals surface area contributed by atoms with E-state index in [1.807, 2.05) is 24.8 Å². The number of para-hydroxylation sites is 1. The molecule has 0 N–H and O–H groups in total. The van der Waals surface area contributed by atoms with Crippen LogP contribution in [0, 0.1) is 6.92 Å². The Balaban J connectivity index is 1.73. The summed E-state index contributed by atoms with van der Waals surface area (Å²) in [7, 11) is 0. The number of alkyl halides is 1. The SMILES string of the molecule is Cc1cccc2nc(CCl)n(CCCCn3ccnc3)c12. The molecule has 0 aliphatic rings. The van der Waals surface area contributed by atoms with E-state index in [1.165, 1.54) is 11.1 Å². The van der Waals surface area contributed by atoms with Gasteiger partial charge in [0.1, 0.15) is 5.82 Å². The Labute approximate surface area is 129 Å². The summed E-state index contributed by atoms with van der Waals surface area (Å²) in [6, 6.07) is 6.23. The molecule has 0 amide bonds. The zero-order valence-electron chi connectivity index (χ0n) is 12.2. The standard InChI is InChI=1S/C16H19ClN4/c1-13-5-4-6-14-16(13)21(15(11-17)19-14)9-3-2-8-20-10-7-18-12-20/h4-7,10,12H,2-3,8-9,11H2,1H3. The predicted octanol–water partition coefficient (Wildman–Crippen LogP) is 3.76. The molecule has 5 heteroatoms. The number of hydrogen-bond donors (Lipinski definition) is 0. The van der Waals surface area contributed by atoms with Crippen LogP contribution in [0.4, 0.5) is 0 Å². The Hall–Kier alpha value is -1.81. The highest BCUT2D eigenvalue weighted by atomic mass is 35.5. The second kappa shape index (κ2) is 6.31. The Kier molecular flexibility index (Phi) is 4.25. The first kappa shape index (κ1) is 14.1. The summed E-state index contributed by atoms with van der Waals surface area (Å²) < 4.78 is 4.38. The van der Waals surface area contributed by atoms with Gasteiger partial charge in [-0.2, -0.15) is 0 Å². The van der Waals surface area contributed by atoms with Gasteiger partial charge in [-0.05, 0) is 31.4 Å². The second-order valence-corrected chi connectivity index (χ2v) is 5.53. The number of rotatable bonds is 6. The summed E-state index contributed by atoms with van der Waals surface area (Å²) in [4.78, 5) is 8.70. The minimum atomic E-state index is 0.454. The van der Waals surface area contributed by atoms with Crippen LogP contribution in [0.15, 0.2) is 36.9 Å². The van der Waals surface area contributed by atoms with Crippen molar-refractivity contribution in [2.75, 3.05) is 0 Å². The van der Waals surface area contributed by atoms with Crippen LogP contribution in [-0.4, -0.2) is 19.1 Å². The molecule has 0 unspecified atom stereocenters. The first-order valence-electron chi connectivity index (χ1n) is 7.26. The van der Waals surface area contributed by atoms with Crippen molar-refractivity contribution in [1.29, 1.82) is 0 Å². The second-order valence-electron chi connectivity index (χ2n) is 5.26. The molecule has 4 nitrogen and oxygen atoms in total. The van der Waals surface area contributed by atoms with Gasteiger partial charge in [0, 0.05) is 25.5 Å². The van der Waals surface area contributed by atoms with Crippen molar-refractivity contribution in [3.05, 3.63) is 48.3 Å². The first-order valence-corrected chi connectivity index (χ1v) is 7.79. The summed E-state index contributed by atoms with van der Waals surface area (Å²) >= 11 is 6.05. The van der Waals surface area contributed by atoms with E-state index < -0.39 is 0 Å². The van der Waals surface area contributed by atoms with Crippen LogP contribution in [0.25, 0.3) is 11.0 Å². The lowest BCUT2D eigenvalue weighted by atomic mass is 10.2. The minimum Gasteiger partial charge on any atom is -0.337 e. The lowest BCUT2D eigenvalue weighted by Crippen LogP contribution is -2.05. The highest BCUT2D eigenvalue weighted by Crippen LogP contribution is 2.21. The molecular formula is C16H19ClN4. The number of nitrogens with zero attached hydrogens (tertiary/aromatic N) is 4. The number of unbranched alkanes of at least 4 members (excludes halogenated alkanes) is 1. The van der Waals surface area contributed by atoms with E-state index in [2.05, 4.69) is 38.2 Å². The zero-order chi connectivity index (χ0) is 14.7. The fourth-order valence-electron chi connectivity index (χ4n) is 2.74.